The Morgan fingerprint density at radius 1 is 1.13 bits per heavy atom. The number of halogens is 4. The molecule has 0 amide bonds. The lowest BCUT2D eigenvalue weighted by Gasteiger charge is -2.23. The van der Waals surface area contributed by atoms with E-state index in [1.165, 1.54) is 0 Å². The molecule has 2 aromatic carbocycles. The zero-order valence-electron chi connectivity index (χ0n) is 24.5. The van der Waals surface area contributed by atoms with E-state index < -0.39 is 12.0 Å². The summed E-state index contributed by atoms with van der Waals surface area (Å²) in [4.78, 5) is 0.818. The zero-order chi connectivity index (χ0) is 32.3. The summed E-state index contributed by atoms with van der Waals surface area (Å²) in [5, 5.41) is 31.6. The molecule has 1 unspecified atom stereocenters. The van der Waals surface area contributed by atoms with Crippen LogP contribution in [-0.4, -0.2) is 36.0 Å². The third-order valence-electron chi connectivity index (χ3n) is 7.14. The Morgan fingerprint density at radius 3 is 2.58 bits per heavy atom. The summed E-state index contributed by atoms with van der Waals surface area (Å²) < 4.78 is 40.7. The molecule has 9 nitrogen and oxygen atoms in total. The van der Waals surface area contributed by atoms with E-state index in [4.69, 9.17) is 11.6 Å². The lowest BCUT2D eigenvalue weighted by atomic mass is 9.98. The number of alkyl halides is 3. The number of hydrogen-bond donors (Lipinski definition) is 2. The molecule has 0 bridgehead atoms. The van der Waals surface area contributed by atoms with Gasteiger partial charge in [-0.05, 0) is 73.4 Å². The highest BCUT2D eigenvalue weighted by atomic mass is 35.5. The van der Waals surface area contributed by atoms with Crippen molar-refractivity contribution in [2.45, 2.75) is 45.5 Å². The second-order valence-corrected chi connectivity index (χ2v) is 10.9. The molecule has 1 atom stereocenters. The van der Waals surface area contributed by atoms with E-state index >= 15 is 0 Å². The summed E-state index contributed by atoms with van der Waals surface area (Å²) in [6, 6.07) is 14.4. The van der Waals surface area contributed by atoms with Gasteiger partial charge >= 0.3 is 6.18 Å². The Kier molecular flexibility index (Phi) is 8.92. The van der Waals surface area contributed by atoms with Gasteiger partial charge in [0, 0.05) is 17.3 Å². The Balaban J connectivity index is 1.50. The Labute approximate surface area is 263 Å². The normalized spacial score (nSPS) is 13.6. The smallest absolute Gasteiger partial charge is 0.378 e. The molecule has 1 aliphatic carbocycles. The average molecular weight is 632 g/mol. The van der Waals surface area contributed by atoms with Gasteiger partial charge in [-0.3, -0.25) is 0 Å². The van der Waals surface area contributed by atoms with Gasteiger partial charge in [-0.15, -0.1) is 10.2 Å². The Hall–Kier alpha value is -5.15. The lowest BCUT2D eigenvalue weighted by molar-refractivity contribution is -0.145. The van der Waals surface area contributed by atoms with Crippen molar-refractivity contribution in [1.82, 2.24) is 35.3 Å². The van der Waals surface area contributed by atoms with Gasteiger partial charge in [0.15, 0.2) is 0 Å². The van der Waals surface area contributed by atoms with Crippen LogP contribution in [0.1, 0.15) is 53.7 Å². The van der Waals surface area contributed by atoms with Gasteiger partial charge in [0.1, 0.15) is 6.54 Å². The van der Waals surface area contributed by atoms with Gasteiger partial charge in [-0.2, -0.15) is 28.3 Å². The van der Waals surface area contributed by atoms with Crippen LogP contribution >= 0.6 is 11.6 Å². The van der Waals surface area contributed by atoms with Crippen LogP contribution in [0.2, 0.25) is 5.02 Å². The maximum Gasteiger partial charge on any atom is 0.455 e. The summed E-state index contributed by atoms with van der Waals surface area (Å²) in [6.45, 7) is 12.3. The molecule has 2 N–H and O–H groups in total. The van der Waals surface area contributed by atoms with Gasteiger partial charge in [-0.25, -0.2) is 4.68 Å². The summed E-state index contributed by atoms with van der Waals surface area (Å²) in [7, 11) is 0. The molecule has 2 aromatic heterocycles. The molecule has 13 heteroatoms. The molecule has 4 aromatic rings. The molecule has 0 saturated carbocycles. The van der Waals surface area contributed by atoms with Crippen LogP contribution < -0.4 is 10.6 Å². The minimum absolute atomic E-state index is 0.0244. The van der Waals surface area contributed by atoms with E-state index in [9.17, 15) is 18.4 Å². The van der Waals surface area contributed by atoms with E-state index in [2.05, 4.69) is 68.6 Å². The molecule has 0 radical (unpaired) electrons. The van der Waals surface area contributed by atoms with Gasteiger partial charge < -0.3 is 10.6 Å². The number of anilines is 1. The van der Waals surface area contributed by atoms with Crippen molar-refractivity contribution in [3.8, 4) is 11.8 Å². The largest absolute Gasteiger partial charge is 0.455 e. The third-order valence-corrected chi connectivity index (χ3v) is 7.46. The van der Waals surface area contributed by atoms with Crippen molar-refractivity contribution in [3.05, 3.63) is 118 Å². The predicted octanol–water partition coefficient (Wildman–Crippen LogP) is 7.07. The van der Waals surface area contributed by atoms with Crippen LogP contribution in [0.25, 0.3) is 17.1 Å². The third kappa shape index (κ3) is 6.99. The predicted molar refractivity (Wildman–Crippen MR) is 167 cm³/mol. The minimum atomic E-state index is -4.73. The maximum absolute atomic E-state index is 13.1. The zero-order valence-corrected chi connectivity index (χ0v) is 25.3. The maximum atomic E-state index is 13.1. The van der Waals surface area contributed by atoms with Crippen LogP contribution in [0.3, 0.4) is 0 Å². The topological polar surface area (TPSA) is 109 Å². The first kappa shape index (κ1) is 31.3. The molecule has 2 heterocycles. The molecule has 0 saturated heterocycles. The fourth-order valence-corrected chi connectivity index (χ4v) is 5.16. The molecule has 45 heavy (non-hydrogen) atoms. The summed E-state index contributed by atoms with van der Waals surface area (Å²) >= 11 is 6.52. The molecule has 0 fully saturated rings. The van der Waals surface area contributed by atoms with Crippen LogP contribution in [0.15, 0.2) is 79.4 Å². The number of benzene rings is 2. The van der Waals surface area contributed by atoms with Crippen LogP contribution in [-0.2, 0) is 12.7 Å². The van der Waals surface area contributed by atoms with Crippen molar-refractivity contribution < 1.29 is 13.2 Å². The molecule has 0 aliphatic heterocycles. The number of para-hydroxylation sites is 1. The fourth-order valence-electron chi connectivity index (χ4n) is 4.95. The van der Waals surface area contributed by atoms with Gasteiger partial charge in [0.2, 0.25) is 0 Å². The molecule has 230 valence electrons. The monoisotopic (exact) mass is 631 g/mol. The standard InChI is InChI=1S/C32H29ClF3N9/c1-19-14-23(17-37)15-26(21(3)38-20(2)24-10-6-5-7-11-24)30(19)39-22(4)29-16-25(18-44-42-31(40-43-44)32(34,35)36)41-45(29)28-13-9-8-12-27(28)33/h6,8-16,20,38-39H,3-5,7,18H2,1-2H3. The second-order valence-electron chi connectivity index (χ2n) is 10.5. The number of nitrogens with zero attached hydrogens (tertiary/aromatic N) is 7. The van der Waals surface area contributed by atoms with Crippen molar-refractivity contribution in [2.24, 2.45) is 0 Å². The SMILES string of the molecule is C=C(NC(C)C1=CCCC=C1)c1cc(C#N)cc(C)c1NC(=C)c1cc(Cn2nnc(C(F)(F)F)n2)nn1-c1ccccc1Cl. The number of rotatable bonds is 10. The van der Waals surface area contributed by atoms with Crippen molar-refractivity contribution in [3.63, 3.8) is 0 Å². The van der Waals surface area contributed by atoms with Gasteiger partial charge in [0.25, 0.3) is 5.82 Å². The van der Waals surface area contributed by atoms with Crippen LogP contribution in [0.4, 0.5) is 18.9 Å². The number of aryl methyl sites for hydroxylation is 1. The average Bonchev–Trinajstić information content (AvgIpc) is 3.66. The first-order chi connectivity index (χ1) is 21.4. The number of nitriles is 1. The van der Waals surface area contributed by atoms with Crippen molar-refractivity contribution in [1.29, 1.82) is 5.26 Å². The Bertz CT molecular complexity index is 1870. The van der Waals surface area contributed by atoms with Crippen molar-refractivity contribution >= 4 is 28.7 Å². The first-order valence-corrected chi connectivity index (χ1v) is 14.3. The Morgan fingerprint density at radius 2 is 1.91 bits per heavy atom. The molecular weight excluding hydrogens is 603 g/mol. The van der Waals surface area contributed by atoms with E-state index in [-0.39, 0.29) is 12.6 Å². The minimum Gasteiger partial charge on any atom is -0.378 e. The number of nitrogens with one attached hydrogen (secondary N) is 2. The molecule has 1 aliphatic rings. The van der Waals surface area contributed by atoms with E-state index in [1.54, 1.807) is 47.1 Å². The number of allylic oxidation sites excluding steroid dienone is 2. The van der Waals surface area contributed by atoms with E-state index in [0.717, 1.165) is 28.8 Å². The first-order valence-electron chi connectivity index (χ1n) is 14.0. The highest BCUT2D eigenvalue weighted by molar-refractivity contribution is 6.32. The van der Waals surface area contributed by atoms with E-state index in [1.807, 2.05) is 13.8 Å². The fraction of sp³-hybridized carbons (Fsp3) is 0.219. The van der Waals surface area contributed by atoms with E-state index in [0.29, 0.717) is 50.3 Å². The number of tetrazole rings is 1. The summed E-state index contributed by atoms with van der Waals surface area (Å²) in [6.07, 6.45) is 3.67. The van der Waals surface area contributed by atoms with Gasteiger partial charge in [-0.1, -0.05) is 55.1 Å². The molecular formula is C32H29ClF3N9. The van der Waals surface area contributed by atoms with Crippen LogP contribution in [0.5, 0.6) is 0 Å². The summed E-state index contributed by atoms with van der Waals surface area (Å²) in [5.74, 6) is -1.35. The molecule has 0 spiro atoms. The molecule has 5 rings (SSSR count). The van der Waals surface area contributed by atoms with Crippen LogP contribution in [0, 0.1) is 18.3 Å². The summed E-state index contributed by atoms with van der Waals surface area (Å²) in [5.41, 5.74) is 6.08. The van der Waals surface area contributed by atoms with Crippen molar-refractivity contribution in [2.75, 3.05) is 5.32 Å². The van der Waals surface area contributed by atoms with Gasteiger partial charge in [0.05, 0.1) is 45.1 Å². The lowest BCUT2D eigenvalue weighted by Crippen LogP contribution is -2.26. The second kappa shape index (κ2) is 12.8. The quantitative estimate of drug-likeness (QED) is 0.193. The number of aromatic nitrogens is 6. The highest BCUT2D eigenvalue weighted by Gasteiger charge is 2.36. The highest BCUT2D eigenvalue weighted by Crippen LogP contribution is 2.32. The number of hydrogen-bond acceptors (Lipinski definition) is 7.